The first-order chi connectivity index (χ1) is 8.50. The Balaban J connectivity index is 2.39. The maximum Gasteiger partial charge on any atom is 0.329 e. The molecule has 0 aliphatic rings. The van der Waals surface area contributed by atoms with E-state index in [0.29, 0.717) is 0 Å². The minimum atomic E-state index is -1.15. The van der Waals surface area contributed by atoms with Gasteiger partial charge in [0.05, 0.1) is 5.01 Å². The highest BCUT2D eigenvalue weighted by molar-refractivity contribution is 7.09. The second-order valence-corrected chi connectivity index (χ2v) is 5.05. The highest BCUT2D eigenvalue weighted by Crippen LogP contribution is 2.18. The molecule has 2 aromatic rings. The Labute approximate surface area is 110 Å². The molecule has 2 aromatic heterocycles. The molecule has 0 bridgehead atoms. The van der Waals surface area contributed by atoms with Gasteiger partial charge in [0.15, 0.2) is 5.15 Å². The standard InChI is InChI=1S/C10H9ClFN3O2S/c1-5(8-13-2-3-18-8)4-15-9(16)6(12)7(11)14-10(15)17/h2-3,5H,4H2,1H3,(H,14,17). The first kappa shape index (κ1) is 13.0. The van der Waals surface area contributed by atoms with Gasteiger partial charge in [-0.25, -0.2) is 9.78 Å². The number of nitrogens with one attached hydrogen (secondary N) is 1. The van der Waals surface area contributed by atoms with Crippen molar-refractivity contribution in [2.75, 3.05) is 0 Å². The number of halogens is 2. The zero-order chi connectivity index (χ0) is 13.3. The van der Waals surface area contributed by atoms with Crippen molar-refractivity contribution >= 4 is 22.9 Å². The molecule has 0 radical (unpaired) electrons. The van der Waals surface area contributed by atoms with Crippen LogP contribution in [-0.2, 0) is 6.54 Å². The van der Waals surface area contributed by atoms with Gasteiger partial charge in [0.1, 0.15) is 0 Å². The zero-order valence-electron chi connectivity index (χ0n) is 9.31. The lowest BCUT2D eigenvalue weighted by Gasteiger charge is -2.10. The Hall–Kier alpha value is -1.47. The number of hydrogen-bond acceptors (Lipinski definition) is 4. The van der Waals surface area contributed by atoms with Gasteiger partial charge in [-0.05, 0) is 0 Å². The first-order valence-electron chi connectivity index (χ1n) is 5.08. The molecular formula is C10H9ClFN3O2S. The average Bonchev–Trinajstić information content (AvgIpc) is 2.85. The van der Waals surface area contributed by atoms with Crippen molar-refractivity contribution in [2.45, 2.75) is 19.4 Å². The number of hydrogen-bond donors (Lipinski definition) is 1. The highest BCUT2D eigenvalue weighted by atomic mass is 35.5. The predicted molar refractivity (Wildman–Crippen MR) is 66.8 cm³/mol. The lowest BCUT2D eigenvalue weighted by molar-refractivity contribution is 0.507. The average molecular weight is 290 g/mol. The van der Waals surface area contributed by atoms with Gasteiger partial charge in [0.25, 0.3) is 5.56 Å². The maximum absolute atomic E-state index is 13.3. The van der Waals surface area contributed by atoms with Crippen LogP contribution in [0.4, 0.5) is 4.39 Å². The van der Waals surface area contributed by atoms with Gasteiger partial charge in [-0.3, -0.25) is 14.3 Å². The molecule has 0 amide bonds. The van der Waals surface area contributed by atoms with Crippen LogP contribution >= 0.6 is 22.9 Å². The number of H-pyrrole nitrogens is 1. The summed E-state index contributed by atoms with van der Waals surface area (Å²) in [6, 6.07) is 0. The number of aromatic nitrogens is 3. The van der Waals surface area contributed by atoms with E-state index in [1.165, 1.54) is 11.3 Å². The zero-order valence-corrected chi connectivity index (χ0v) is 10.9. The molecule has 96 valence electrons. The molecule has 0 spiro atoms. The second kappa shape index (κ2) is 5.03. The van der Waals surface area contributed by atoms with E-state index in [2.05, 4.69) is 9.97 Å². The summed E-state index contributed by atoms with van der Waals surface area (Å²) >= 11 is 6.78. The van der Waals surface area contributed by atoms with Crippen molar-refractivity contribution in [3.8, 4) is 0 Å². The molecular weight excluding hydrogens is 281 g/mol. The largest absolute Gasteiger partial charge is 0.329 e. The minimum absolute atomic E-state index is 0.0514. The van der Waals surface area contributed by atoms with Crippen molar-refractivity contribution in [1.29, 1.82) is 0 Å². The van der Waals surface area contributed by atoms with Crippen LogP contribution in [0, 0.1) is 5.82 Å². The van der Waals surface area contributed by atoms with Crippen LogP contribution in [0.3, 0.4) is 0 Å². The summed E-state index contributed by atoms with van der Waals surface area (Å²) in [4.78, 5) is 29.3. The van der Waals surface area contributed by atoms with Gasteiger partial charge < -0.3 is 0 Å². The van der Waals surface area contributed by atoms with Crippen LogP contribution < -0.4 is 11.2 Å². The van der Waals surface area contributed by atoms with Crippen LogP contribution in [-0.4, -0.2) is 14.5 Å². The third kappa shape index (κ3) is 2.37. The van der Waals surface area contributed by atoms with E-state index >= 15 is 0 Å². The van der Waals surface area contributed by atoms with Gasteiger partial charge in [-0.15, -0.1) is 11.3 Å². The predicted octanol–water partition coefficient (Wildman–Crippen LogP) is 1.59. The van der Waals surface area contributed by atoms with Crippen LogP contribution in [0.1, 0.15) is 17.8 Å². The van der Waals surface area contributed by atoms with Crippen LogP contribution in [0.25, 0.3) is 0 Å². The van der Waals surface area contributed by atoms with E-state index in [9.17, 15) is 14.0 Å². The molecule has 18 heavy (non-hydrogen) atoms. The van der Waals surface area contributed by atoms with E-state index in [0.717, 1.165) is 9.57 Å². The Morgan fingerprint density at radius 1 is 1.61 bits per heavy atom. The molecule has 1 N–H and O–H groups in total. The molecule has 2 rings (SSSR count). The summed E-state index contributed by atoms with van der Waals surface area (Å²) in [6.45, 7) is 1.85. The van der Waals surface area contributed by atoms with E-state index in [4.69, 9.17) is 11.6 Å². The van der Waals surface area contributed by atoms with Crippen LogP contribution in [0.5, 0.6) is 0 Å². The normalized spacial score (nSPS) is 12.6. The maximum atomic E-state index is 13.3. The Morgan fingerprint density at radius 3 is 2.94 bits per heavy atom. The van der Waals surface area contributed by atoms with Gasteiger partial charge >= 0.3 is 5.69 Å². The molecule has 0 fully saturated rings. The first-order valence-corrected chi connectivity index (χ1v) is 6.34. The quantitative estimate of drug-likeness (QED) is 0.873. The molecule has 0 aliphatic carbocycles. The second-order valence-electron chi connectivity index (χ2n) is 3.75. The molecule has 0 aliphatic heterocycles. The third-order valence-corrected chi connectivity index (χ3v) is 3.68. The van der Waals surface area contributed by atoms with Crippen LogP contribution in [0.15, 0.2) is 21.2 Å². The van der Waals surface area contributed by atoms with E-state index in [1.807, 2.05) is 0 Å². The molecule has 8 heteroatoms. The van der Waals surface area contributed by atoms with Crippen molar-refractivity contribution in [3.63, 3.8) is 0 Å². The van der Waals surface area contributed by atoms with Crippen LogP contribution in [0.2, 0.25) is 5.15 Å². The summed E-state index contributed by atoms with van der Waals surface area (Å²) in [6.07, 6.45) is 1.63. The fourth-order valence-corrected chi connectivity index (χ4v) is 2.37. The third-order valence-electron chi connectivity index (χ3n) is 2.42. The van der Waals surface area contributed by atoms with Crippen molar-refractivity contribution in [1.82, 2.24) is 14.5 Å². The van der Waals surface area contributed by atoms with Crippen molar-refractivity contribution in [2.24, 2.45) is 0 Å². The minimum Gasteiger partial charge on any atom is -0.295 e. The van der Waals surface area contributed by atoms with Gasteiger partial charge in [-0.2, -0.15) is 4.39 Å². The summed E-state index contributed by atoms with van der Waals surface area (Å²) in [7, 11) is 0. The molecule has 0 saturated heterocycles. The summed E-state index contributed by atoms with van der Waals surface area (Å²) in [5, 5.41) is 2.00. The molecule has 1 atom stereocenters. The summed E-state index contributed by atoms with van der Waals surface area (Å²) in [5.74, 6) is -1.31. The molecule has 0 aromatic carbocycles. The van der Waals surface area contributed by atoms with E-state index < -0.39 is 22.2 Å². The Kier molecular flexibility index (Phi) is 3.63. The van der Waals surface area contributed by atoms with Gasteiger partial charge in [0.2, 0.25) is 5.82 Å². The van der Waals surface area contributed by atoms with E-state index in [1.54, 1.807) is 18.5 Å². The van der Waals surface area contributed by atoms with Crippen molar-refractivity contribution < 1.29 is 4.39 Å². The number of aromatic amines is 1. The SMILES string of the molecule is CC(Cn1c(=O)[nH]c(Cl)c(F)c1=O)c1nccs1. The lowest BCUT2D eigenvalue weighted by atomic mass is 10.2. The lowest BCUT2D eigenvalue weighted by Crippen LogP contribution is -2.38. The molecule has 2 heterocycles. The highest BCUT2D eigenvalue weighted by Gasteiger charge is 2.16. The molecule has 5 nitrogen and oxygen atoms in total. The monoisotopic (exact) mass is 289 g/mol. The van der Waals surface area contributed by atoms with Gasteiger partial charge in [-0.1, -0.05) is 18.5 Å². The van der Waals surface area contributed by atoms with Gasteiger partial charge in [0, 0.05) is 24.0 Å². The smallest absolute Gasteiger partial charge is 0.295 e. The molecule has 0 saturated carbocycles. The number of thiazole rings is 1. The Morgan fingerprint density at radius 2 is 2.33 bits per heavy atom. The fraction of sp³-hybridized carbons (Fsp3) is 0.300. The van der Waals surface area contributed by atoms with Crippen molar-refractivity contribution in [3.05, 3.63) is 48.4 Å². The topological polar surface area (TPSA) is 67.8 Å². The summed E-state index contributed by atoms with van der Waals surface area (Å²) in [5.41, 5.74) is -1.75. The molecule has 1 unspecified atom stereocenters. The fourth-order valence-electron chi connectivity index (χ4n) is 1.52. The number of rotatable bonds is 3. The van der Waals surface area contributed by atoms with E-state index in [-0.39, 0.29) is 12.5 Å². The summed E-state index contributed by atoms with van der Waals surface area (Å²) < 4.78 is 14.1. The Bertz CT molecular complexity index is 665. The number of nitrogens with zero attached hydrogens (tertiary/aromatic N) is 2.